The third-order valence-corrected chi connectivity index (χ3v) is 4.02. The number of hydrogen-bond acceptors (Lipinski definition) is 2. The molecule has 0 aliphatic carbocycles. The van der Waals surface area contributed by atoms with Crippen molar-refractivity contribution in [2.45, 2.75) is 32.9 Å². The summed E-state index contributed by atoms with van der Waals surface area (Å²) in [5.41, 5.74) is 1.15. The number of ether oxygens (including phenoxy) is 1. The van der Waals surface area contributed by atoms with Gasteiger partial charge in [0.2, 0.25) is 0 Å². The Labute approximate surface area is 145 Å². The zero-order chi connectivity index (χ0) is 15.5. The Morgan fingerprint density at radius 2 is 1.81 bits per heavy atom. The minimum Gasteiger partial charge on any atom is -0.456 e. The van der Waals surface area contributed by atoms with E-state index in [1.807, 2.05) is 42.5 Å². The van der Waals surface area contributed by atoms with Crippen molar-refractivity contribution in [1.29, 1.82) is 0 Å². The summed E-state index contributed by atoms with van der Waals surface area (Å²) >= 11 is 8.38. The fourth-order valence-corrected chi connectivity index (χ4v) is 2.44. The Hall–Kier alpha value is -0.780. The van der Waals surface area contributed by atoms with Crippen LogP contribution in [-0.2, 0) is 6.54 Å². The van der Waals surface area contributed by atoms with E-state index < -0.39 is 0 Å². The number of rotatable bonds is 4. The average Bonchev–Trinajstić information content (AvgIpc) is 2.39. The number of halogens is 2. The van der Waals surface area contributed by atoms with Crippen molar-refractivity contribution in [1.82, 2.24) is 5.32 Å². The van der Waals surface area contributed by atoms with Crippen LogP contribution in [0.3, 0.4) is 0 Å². The lowest BCUT2D eigenvalue weighted by Gasteiger charge is -2.22. The minimum atomic E-state index is 0.0536. The molecule has 1 N–H and O–H groups in total. The molecule has 2 rings (SSSR count). The predicted octanol–water partition coefficient (Wildman–Crippen LogP) is 5.63. The highest BCUT2D eigenvalue weighted by Crippen LogP contribution is 2.31. The van der Waals surface area contributed by atoms with Crippen LogP contribution in [0, 0.1) is 3.57 Å². The van der Waals surface area contributed by atoms with Crippen molar-refractivity contribution in [2.24, 2.45) is 0 Å². The summed E-state index contributed by atoms with van der Waals surface area (Å²) in [6.45, 7) is 7.16. The molecule has 0 amide bonds. The second-order valence-electron chi connectivity index (χ2n) is 5.89. The SMILES string of the molecule is CC(C)(C)NCc1ccc(Cl)cc1Oc1ccccc1I. The van der Waals surface area contributed by atoms with E-state index in [0.29, 0.717) is 5.02 Å². The van der Waals surface area contributed by atoms with Crippen LogP contribution >= 0.6 is 34.2 Å². The predicted molar refractivity (Wildman–Crippen MR) is 97.3 cm³/mol. The zero-order valence-corrected chi connectivity index (χ0v) is 15.3. The Kier molecular flexibility index (Phi) is 5.52. The van der Waals surface area contributed by atoms with Gasteiger partial charge in [-0.3, -0.25) is 0 Å². The highest BCUT2D eigenvalue weighted by molar-refractivity contribution is 14.1. The summed E-state index contributed by atoms with van der Waals surface area (Å²) in [5, 5.41) is 4.15. The van der Waals surface area contributed by atoms with Gasteiger partial charge in [-0.05, 0) is 67.6 Å². The van der Waals surface area contributed by atoms with Crippen LogP contribution < -0.4 is 10.1 Å². The van der Waals surface area contributed by atoms with E-state index in [1.165, 1.54) is 0 Å². The first-order valence-corrected chi connectivity index (χ1v) is 8.27. The van der Waals surface area contributed by atoms with Crippen molar-refractivity contribution in [2.75, 3.05) is 0 Å². The van der Waals surface area contributed by atoms with Crippen LogP contribution in [0.2, 0.25) is 5.02 Å². The molecule has 21 heavy (non-hydrogen) atoms. The van der Waals surface area contributed by atoms with E-state index >= 15 is 0 Å². The average molecular weight is 416 g/mol. The topological polar surface area (TPSA) is 21.3 Å². The van der Waals surface area contributed by atoms with Crippen LogP contribution in [0.4, 0.5) is 0 Å². The van der Waals surface area contributed by atoms with Gasteiger partial charge in [0, 0.05) is 22.7 Å². The quantitative estimate of drug-likeness (QED) is 0.654. The molecule has 0 atom stereocenters. The Balaban J connectivity index is 2.25. The molecule has 0 spiro atoms. The second-order valence-corrected chi connectivity index (χ2v) is 7.49. The monoisotopic (exact) mass is 415 g/mol. The lowest BCUT2D eigenvalue weighted by molar-refractivity contribution is 0.414. The van der Waals surface area contributed by atoms with Gasteiger partial charge in [0.25, 0.3) is 0 Å². The minimum absolute atomic E-state index is 0.0536. The molecule has 0 aromatic heterocycles. The molecule has 0 saturated carbocycles. The maximum atomic E-state index is 6.11. The summed E-state index contributed by atoms with van der Waals surface area (Å²) in [5.74, 6) is 1.64. The normalized spacial score (nSPS) is 11.5. The van der Waals surface area contributed by atoms with Gasteiger partial charge in [0.05, 0.1) is 3.57 Å². The summed E-state index contributed by atoms with van der Waals surface area (Å²) in [6.07, 6.45) is 0. The molecular weight excluding hydrogens is 397 g/mol. The maximum Gasteiger partial charge on any atom is 0.140 e. The molecule has 2 aromatic carbocycles. The van der Waals surface area contributed by atoms with Gasteiger partial charge >= 0.3 is 0 Å². The first-order chi connectivity index (χ1) is 9.85. The summed E-state index contributed by atoms with van der Waals surface area (Å²) in [4.78, 5) is 0. The smallest absolute Gasteiger partial charge is 0.140 e. The van der Waals surface area contributed by atoms with Crippen molar-refractivity contribution in [3.8, 4) is 11.5 Å². The lowest BCUT2D eigenvalue weighted by atomic mass is 10.1. The van der Waals surface area contributed by atoms with Crippen molar-refractivity contribution in [3.63, 3.8) is 0 Å². The molecule has 112 valence electrons. The number of nitrogens with one attached hydrogen (secondary N) is 1. The Morgan fingerprint density at radius 3 is 2.48 bits per heavy atom. The molecule has 0 aliphatic heterocycles. The maximum absolute atomic E-state index is 6.11. The van der Waals surface area contributed by atoms with Gasteiger partial charge in [0.1, 0.15) is 11.5 Å². The van der Waals surface area contributed by atoms with Gasteiger partial charge < -0.3 is 10.1 Å². The third kappa shape index (κ3) is 5.16. The van der Waals surface area contributed by atoms with Gasteiger partial charge in [0.15, 0.2) is 0 Å². The molecule has 0 bridgehead atoms. The van der Waals surface area contributed by atoms with Gasteiger partial charge in [-0.2, -0.15) is 0 Å². The molecule has 4 heteroatoms. The Bertz CT molecular complexity index is 622. The summed E-state index contributed by atoms with van der Waals surface area (Å²) in [7, 11) is 0. The molecular formula is C17H19ClINO. The highest BCUT2D eigenvalue weighted by atomic mass is 127. The van der Waals surface area contributed by atoms with Gasteiger partial charge in [-0.25, -0.2) is 0 Å². The van der Waals surface area contributed by atoms with E-state index in [9.17, 15) is 0 Å². The molecule has 0 saturated heterocycles. The fraction of sp³-hybridized carbons (Fsp3) is 0.294. The van der Waals surface area contributed by atoms with E-state index in [4.69, 9.17) is 16.3 Å². The van der Waals surface area contributed by atoms with E-state index in [2.05, 4.69) is 48.7 Å². The summed E-state index contributed by atoms with van der Waals surface area (Å²) in [6, 6.07) is 13.7. The molecule has 2 aromatic rings. The first kappa shape index (κ1) is 16.6. The summed E-state index contributed by atoms with van der Waals surface area (Å²) < 4.78 is 7.13. The number of para-hydroxylation sites is 1. The Morgan fingerprint density at radius 1 is 1.10 bits per heavy atom. The van der Waals surface area contributed by atoms with Crippen LogP contribution in [0.15, 0.2) is 42.5 Å². The van der Waals surface area contributed by atoms with Crippen LogP contribution in [0.5, 0.6) is 11.5 Å². The molecule has 2 nitrogen and oxygen atoms in total. The first-order valence-electron chi connectivity index (χ1n) is 6.81. The van der Waals surface area contributed by atoms with Crippen molar-refractivity contribution in [3.05, 3.63) is 56.6 Å². The fourth-order valence-electron chi connectivity index (χ4n) is 1.78. The van der Waals surface area contributed by atoms with Crippen LogP contribution in [0.25, 0.3) is 0 Å². The molecule has 0 heterocycles. The van der Waals surface area contributed by atoms with E-state index in [0.717, 1.165) is 27.2 Å². The van der Waals surface area contributed by atoms with Crippen LogP contribution in [-0.4, -0.2) is 5.54 Å². The van der Waals surface area contributed by atoms with Gasteiger partial charge in [-0.1, -0.05) is 29.8 Å². The van der Waals surface area contributed by atoms with Crippen molar-refractivity contribution >= 4 is 34.2 Å². The largest absolute Gasteiger partial charge is 0.456 e. The number of hydrogen-bond donors (Lipinski definition) is 1. The van der Waals surface area contributed by atoms with E-state index in [1.54, 1.807) is 0 Å². The molecule has 0 fully saturated rings. The van der Waals surface area contributed by atoms with E-state index in [-0.39, 0.29) is 5.54 Å². The lowest BCUT2D eigenvalue weighted by Crippen LogP contribution is -2.35. The second kappa shape index (κ2) is 6.99. The highest BCUT2D eigenvalue weighted by Gasteiger charge is 2.12. The molecule has 0 radical (unpaired) electrons. The molecule has 0 aliphatic rings. The van der Waals surface area contributed by atoms with Crippen LogP contribution in [0.1, 0.15) is 26.3 Å². The zero-order valence-electron chi connectivity index (χ0n) is 12.4. The van der Waals surface area contributed by atoms with Gasteiger partial charge in [-0.15, -0.1) is 0 Å². The standard InChI is InChI=1S/C17H19ClINO/c1-17(2,3)20-11-12-8-9-13(18)10-16(12)21-15-7-5-4-6-14(15)19/h4-10,20H,11H2,1-3H3. The molecule has 0 unspecified atom stereocenters. The number of benzene rings is 2. The third-order valence-electron chi connectivity index (χ3n) is 2.89. The van der Waals surface area contributed by atoms with Crippen molar-refractivity contribution < 1.29 is 4.74 Å².